The smallest absolute Gasteiger partial charge is 0.311 e. The number of amides is 1. The Morgan fingerprint density at radius 1 is 2.00 bits per heavy atom. The van der Waals surface area contributed by atoms with E-state index in [1.165, 1.54) is 0 Å². The molecule has 0 bridgehead atoms. The monoisotopic (exact) mass is 132 g/mol. The van der Waals surface area contributed by atoms with Gasteiger partial charge in [-0.2, -0.15) is 0 Å². The van der Waals surface area contributed by atoms with E-state index in [9.17, 15) is 10.0 Å². The summed E-state index contributed by atoms with van der Waals surface area (Å²) in [6.45, 7) is 1.84. The lowest BCUT2D eigenvalue weighted by atomic mass is 10.7. The molecule has 0 saturated heterocycles. The largest absolute Gasteiger partial charge is 0.403 e. The molecule has 0 aromatic carbocycles. The van der Waals surface area contributed by atoms with Crippen molar-refractivity contribution < 1.29 is 14.5 Å². The number of nitrogens with zero attached hydrogens (tertiary/aromatic N) is 1. The van der Waals surface area contributed by atoms with Crippen LogP contribution in [0.3, 0.4) is 0 Å². The van der Waals surface area contributed by atoms with Crippen LogP contribution in [0, 0.1) is 5.21 Å². The maximum Gasteiger partial charge on any atom is 0.311 e. The fourth-order valence-corrected chi connectivity index (χ4v) is 0.268. The lowest BCUT2D eigenvalue weighted by Gasteiger charge is -1.97. The van der Waals surface area contributed by atoms with Crippen LogP contribution in [0.15, 0.2) is 0 Å². The van der Waals surface area contributed by atoms with Crippen molar-refractivity contribution >= 4 is 12.1 Å². The summed E-state index contributed by atoms with van der Waals surface area (Å²) in [7, 11) is 0. The number of hydrogen-bond donors (Lipinski definition) is 1. The molecule has 0 aromatic heterocycles. The van der Waals surface area contributed by atoms with Gasteiger partial charge in [0, 0.05) is 4.90 Å². The first-order valence-electron chi connectivity index (χ1n) is 2.40. The fraction of sp³-hybridized carbons (Fsp3) is 0.500. The molecule has 0 fully saturated rings. The van der Waals surface area contributed by atoms with Gasteiger partial charge in [-0.05, 0) is 0 Å². The van der Waals surface area contributed by atoms with Gasteiger partial charge in [0.15, 0.2) is 0 Å². The SMILES string of the molecule is CCO/[N+]([O-])=C/C(N)=O. The number of hydrogen-bond acceptors (Lipinski definition) is 3. The van der Waals surface area contributed by atoms with Crippen molar-refractivity contribution in [3.8, 4) is 0 Å². The summed E-state index contributed by atoms with van der Waals surface area (Å²) in [4.78, 5) is 14.2. The summed E-state index contributed by atoms with van der Waals surface area (Å²) in [5.41, 5.74) is 4.61. The van der Waals surface area contributed by atoms with Gasteiger partial charge in [-0.15, -0.1) is 0 Å². The number of carbonyl (C=O) groups is 1. The first kappa shape index (κ1) is 7.74. The maximum absolute atomic E-state index is 10.2. The Kier molecular flexibility index (Phi) is 3.19. The van der Waals surface area contributed by atoms with Crippen LogP contribution in [0.25, 0.3) is 0 Å². The second-order valence-corrected chi connectivity index (χ2v) is 1.23. The van der Waals surface area contributed by atoms with Crippen LogP contribution in [0.1, 0.15) is 6.92 Å². The Morgan fingerprint density at radius 3 is 2.89 bits per heavy atom. The summed E-state index contributed by atoms with van der Waals surface area (Å²) in [5.74, 6) is -0.821. The van der Waals surface area contributed by atoms with E-state index in [0.29, 0.717) is 6.21 Å². The lowest BCUT2D eigenvalue weighted by molar-refractivity contribution is -0.736. The Bertz CT molecular complexity index is 132. The summed E-state index contributed by atoms with van der Waals surface area (Å²) in [6.07, 6.45) is 0.615. The van der Waals surface area contributed by atoms with E-state index in [1.807, 2.05) is 0 Å². The summed E-state index contributed by atoms with van der Waals surface area (Å²) in [5, 5.41) is 10.2. The number of rotatable bonds is 3. The van der Waals surface area contributed by atoms with Gasteiger partial charge in [0.05, 0.1) is 6.61 Å². The summed E-state index contributed by atoms with van der Waals surface area (Å²) < 4.78 is 0. The Hall–Kier alpha value is -1.26. The Morgan fingerprint density at radius 2 is 2.56 bits per heavy atom. The molecule has 0 spiro atoms. The van der Waals surface area contributed by atoms with Gasteiger partial charge in [-0.25, -0.2) is 0 Å². The molecule has 1 amide bonds. The second-order valence-electron chi connectivity index (χ2n) is 1.23. The maximum atomic E-state index is 10.2. The molecule has 0 atom stereocenters. The molecule has 0 aliphatic rings. The van der Waals surface area contributed by atoms with Crippen LogP contribution in [0.2, 0.25) is 0 Å². The lowest BCUT2D eigenvalue weighted by Crippen LogP contribution is -2.19. The minimum atomic E-state index is -0.821. The van der Waals surface area contributed by atoms with Gasteiger partial charge in [0.1, 0.15) is 0 Å². The standard InChI is InChI=1S/C4H8N2O3/c1-2-9-6(8)3-4(5)7/h3H,2H2,1H3,(H2,5,7)/b6-3+. The summed E-state index contributed by atoms with van der Waals surface area (Å²) >= 11 is 0. The average molecular weight is 132 g/mol. The highest BCUT2D eigenvalue weighted by Crippen LogP contribution is 1.70. The molecular weight excluding hydrogens is 124 g/mol. The van der Waals surface area contributed by atoms with Crippen molar-refractivity contribution in [2.75, 3.05) is 6.61 Å². The molecule has 0 heterocycles. The second kappa shape index (κ2) is 3.71. The van der Waals surface area contributed by atoms with E-state index in [0.717, 1.165) is 0 Å². The van der Waals surface area contributed by atoms with Gasteiger partial charge in [0.25, 0.3) is 6.21 Å². The van der Waals surface area contributed by atoms with Crippen LogP contribution in [0.5, 0.6) is 0 Å². The van der Waals surface area contributed by atoms with Gasteiger partial charge in [0.2, 0.25) is 0 Å². The van der Waals surface area contributed by atoms with E-state index in [2.05, 4.69) is 10.6 Å². The predicted octanol–water partition coefficient (Wildman–Crippen LogP) is -0.996. The highest BCUT2D eigenvalue weighted by Gasteiger charge is 1.94. The van der Waals surface area contributed by atoms with Crippen LogP contribution in [-0.2, 0) is 9.63 Å². The van der Waals surface area contributed by atoms with Crippen LogP contribution in [-0.4, -0.2) is 23.6 Å². The number of primary amides is 1. The third-order valence-corrected chi connectivity index (χ3v) is 0.489. The van der Waals surface area contributed by atoms with Gasteiger partial charge in [-0.3, -0.25) is 10.0 Å². The van der Waals surface area contributed by atoms with Crippen LogP contribution in [0.4, 0.5) is 0 Å². The van der Waals surface area contributed by atoms with Crippen molar-refractivity contribution in [2.45, 2.75) is 6.92 Å². The molecule has 0 rings (SSSR count). The molecule has 9 heavy (non-hydrogen) atoms. The van der Waals surface area contributed by atoms with Crippen LogP contribution >= 0.6 is 0 Å². The third-order valence-electron chi connectivity index (χ3n) is 0.489. The molecule has 5 heteroatoms. The van der Waals surface area contributed by atoms with Crippen molar-refractivity contribution in [2.24, 2.45) is 5.73 Å². The molecule has 2 N–H and O–H groups in total. The summed E-state index contributed by atoms with van der Waals surface area (Å²) in [6, 6.07) is 0. The molecule has 0 unspecified atom stereocenters. The highest BCUT2D eigenvalue weighted by atomic mass is 16.9. The van der Waals surface area contributed by atoms with E-state index in [1.54, 1.807) is 6.92 Å². The third kappa shape index (κ3) is 4.60. The quantitative estimate of drug-likeness (QED) is 0.304. The van der Waals surface area contributed by atoms with E-state index in [-0.39, 0.29) is 11.5 Å². The zero-order valence-corrected chi connectivity index (χ0v) is 5.03. The van der Waals surface area contributed by atoms with Crippen molar-refractivity contribution in [1.29, 1.82) is 0 Å². The van der Waals surface area contributed by atoms with Gasteiger partial charge >= 0.3 is 5.91 Å². The molecule has 0 aromatic rings. The van der Waals surface area contributed by atoms with Gasteiger partial charge in [-0.1, -0.05) is 6.92 Å². The first-order valence-corrected chi connectivity index (χ1v) is 2.40. The normalized spacial score (nSPS) is 11.0. The fourth-order valence-electron chi connectivity index (χ4n) is 0.268. The van der Waals surface area contributed by atoms with E-state index < -0.39 is 5.91 Å². The molecule has 0 aliphatic carbocycles. The Labute approximate surface area is 52.3 Å². The zero-order valence-electron chi connectivity index (χ0n) is 5.03. The Balaban J connectivity index is 3.69. The van der Waals surface area contributed by atoms with Crippen LogP contribution < -0.4 is 5.73 Å². The van der Waals surface area contributed by atoms with Gasteiger partial charge < -0.3 is 10.6 Å². The predicted molar refractivity (Wildman–Crippen MR) is 30.5 cm³/mol. The van der Waals surface area contributed by atoms with Crippen molar-refractivity contribution in [1.82, 2.24) is 0 Å². The van der Waals surface area contributed by atoms with Crippen molar-refractivity contribution in [3.05, 3.63) is 5.21 Å². The molecular formula is C4H8N2O3. The topological polar surface area (TPSA) is 78.4 Å². The van der Waals surface area contributed by atoms with E-state index in [4.69, 9.17) is 0 Å². The number of carbonyl (C=O) groups excluding carboxylic acids is 1. The van der Waals surface area contributed by atoms with E-state index >= 15 is 0 Å². The van der Waals surface area contributed by atoms with Crippen molar-refractivity contribution in [3.63, 3.8) is 0 Å². The average Bonchev–Trinajstić information content (AvgIpc) is 1.63. The molecule has 5 nitrogen and oxygen atoms in total. The molecule has 0 saturated carbocycles. The molecule has 0 aliphatic heterocycles. The molecule has 52 valence electrons. The zero-order chi connectivity index (χ0) is 7.28. The molecule has 0 radical (unpaired) electrons. The number of nitrogens with two attached hydrogens (primary N) is 1. The highest BCUT2D eigenvalue weighted by molar-refractivity contribution is 6.23. The minimum absolute atomic E-state index is 0.0301. The minimum Gasteiger partial charge on any atom is -0.403 e. The first-order chi connectivity index (χ1) is 4.16.